The molecule has 0 bridgehead atoms. The lowest BCUT2D eigenvalue weighted by Crippen LogP contribution is -2.34. The van der Waals surface area contributed by atoms with Crippen LogP contribution < -0.4 is 5.32 Å². The van der Waals surface area contributed by atoms with Gasteiger partial charge in [0.05, 0.1) is 6.61 Å². The summed E-state index contributed by atoms with van der Waals surface area (Å²) in [5, 5.41) is 12.3. The first-order chi connectivity index (χ1) is 6.07. The third-order valence-corrected chi connectivity index (χ3v) is 2.26. The van der Waals surface area contributed by atoms with Crippen LogP contribution in [0.25, 0.3) is 0 Å². The maximum atomic E-state index is 8.89. The van der Waals surface area contributed by atoms with Crippen LogP contribution in [0, 0.1) is 0 Å². The minimum atomic E-state index is 0.244. The van der Waals surface area contributed by atoms with Crippen LogP contribution in [0.4, 0.5) is 0 Å². The number of aliphatic hydroxyl groups is 1. The lowest BCUT2D eigenvalue weighted by Gasteiger charge is -2.22. The smallest absolute Gasteiger partial charge is 0.0584 e. The van der Waals surface area contributed by atoms with E-state index in [1.807, 2.05) is 6.92 Å². The molecule has 1 atom stereocenters. The molecular weight excluding hydrogens is 164 g/mol. The van der Waals surface area contributed by atoms with Gasteiger partial charge in [0, 0.05) is 12.1 Å². The van der Waals surface area contributed by atoms with Gasteiger partial charge in [-0.05, 0) is 33.5 Å². The molecule has 0 aromatic heterocycles. The highest BCUT2D eigenvalue weighted by molar-refractivity contribution is 4.62. The fraction of sp³-hybridized carbons (Fsp3) is 1.00. The fourth-order valence-corrected chi connectivity index (χ4v) is 1.08. The van der Waals surface area contributed by atoms with Crippen LogP contribution >= 0.6 is 0 Å². The predicted octanol–water partition coefficient (Wildman–Crippen LogP) is 0.687. The molecule has 0 rings (SSSR count). The summed E-state index contributed by atoms with van der Waals surface area (Å²) in [7, 11) is 2.05. The van der Waals surface area contributed by atoms with Crippen molar-refractivity contribution in [3.05, 3.63) is 0 Å². The standard InChI is InChI=1S/C10H24N2O/c1-9(2)11-6-5-7-12(4)10(3)8-13/h9-11,13H,5-8H2,1-4H3. The molecule has 0 aromatic rings. The molecule has 0 saturated carbocycles. The summed E-state index contributed by atoms with van der Waals surface area (Å²) in [4.78, 5) is 2.18. The summed E-state index contributed by atoms with van der Waals surface area (Å²) in [5.41, 5.74) is 0. The molecule has 13 heavy (non-hydrogen) atoms. The van der Waals surface area contributed by atoms with Gasteiger partial charge in [0.2, 0.25) is 0 Å². The third-order valence-electron chi connectivity index (χ3n) is 2.26. The van der Waals surface area contributed by atoms with Gasteiger partial charge in [-0.2, -0.15) is 0 Å². The molecule has 0 aliphatic rings. The predicted molar refractivity (Wildman–Crippen MR) is 56.9 cm³/mol. The first-order valence-electron chi connectivity index (χ1n) is 5.12. The number of likely N-dealkylation sites (N-methyl/N-ethyl adjacent to an activating group) is 1. The minimum absolute atomic E-state index is 0.244. The summed E-state index contributed by atoms with van der Waals surface area (Å²) in [6.07, 6.45) is 1.14. The summed E-state index contributed by atoms with van der Waals surface area (Å²) >= 11 is 0. The Kier molecular flexibility index (Phi) is 7.23. The van der Waals surface area contributed by atoms with E-state index in [0.29, 0.717) is 6.04 Å². The molecule has 2 N–H and O–H groups in total. The van der Waals surface area contributed by atoms with Crippen molar-refractivity contribution in [2.75, 3.05) is 26.7 Å². The molecule has 0 spiro atoms. The topological polar surface area (TPSA) is 35.5 Å². The molecule has 0 aromatic carbocycles. The van der Waals surface area contributed by atoms with Crippen LogP contribution in [0.5, 0.6) is 0 Å². The molecule has 3 nitrogen and oxygen atoms in total. The van der Waals surface area contributed by atoms with Gasteiger partial charge in [-0.1, -0.05) is 13.8 Å². The molecule has 1 unspecified atom stereocenters. The number of rotatable bonds is 7. The molecule has 0 saturated heterocycles. The summed E-state index contributed by atoms with van der Waals surface area (Å²) in [5.74, 6) is 0. The Morgan fingerprint density at radius 1 is 1.31 bits per heavy atom. The Bertz CT molecular complexity index is 117. The van der Waals surface area contributed by atoms with Gasteiger partial charge in [-0.15, -0.1) is 0 Å². The maximum Gasteiger partial charge on any atom is 0.0584 e. The van der Waals surface area contributed by atoms with Gasteiger partial charge >= 0.3 is 0 Å². The molecule has 0 aliphatic carbocycles. The van der Waals surface area contributed by atoms with Gasteiger partial charge < -0.3 is 15.3 Å². The van der Waals surface area contributed by atoms with E-state index in [1.54, 1.807) is 0 Å². The van der Waals surface area contributed by atoms with Crippen molar-refractivity contribution in [3.63, 3.8) is 0 Å². The summed E-state index contributed by atoms with van der Waals surface area (Å²) in [6.45, 7) is 8.69. The Morgan fingerprint density at radius 2 is 1.92 bits per heavy atom. The number of nitrogens with one attached hydrogen (secondary N) is 1. The Balaban J connectivity index is 3.31. The minimum Gasteiger partial charge on any atom is -0.395 e. The molecule has 0 aliphatic heterocycles. The van der Waals surface area contributed by atoms with E-state index >= 15 is 0 Å². The van der Waals surface area contributed by atoms with Crippen LogP contribution in [0.2, 0.25) is 0 Å². The van der Waals surface area contributed by atoms with E-state index in [-0.39, 0.29) is 12.6 Å². The zero-order valence-electron chi connectivity index (χ0n) is 9.38. The fourth-order valence-electron chi connectivity index (χ4n) is 1.08. The summed E-state index contributed by atoms with van der Waals surface area (Å²) < 4.78 is 0. The van der Waals surface area contributed by atoms with Crippen molar-refractivity contribution >= 4 is 0 Å². The quantitative estimate of drug-likeness (QED) is 0.577. The van der Waals surface area contributed by atoms with E-state index in [4.69, 9.17) is 5.11 Å². The normalized spacial score (nSPS) is 14.1. The van der Waals surface area contributed by atoms with Gasteiger partial charge in [-0.3, -0.25) is 0 Å². The van der Waals surface area contributed by atoms with Crippen LogP contribution in [0.15, 0.2) is 0 Å². The zero-order chi connectivity index (χ0) is 10.3. The zero-order valence-corrected chi connectivity index (χ0v) is 9.38. The Labute approximate surface area is 82.1 Å². The van der Waals surface area contributed by atoms with E-state index in [2.05, 4.69) is 31.1 Å². The number of nitrogens with zero attached hydrogens (tertiary/aromatic N) is 1. The van der Waals surface area contributed by atoms with Crippen LogP contribution in [0.1, 0.15) is 27.2 Å². The van der Waals surface area contributed by atoms with Crippen LogP contribution in [-0.4, -0.2) is 48.8 Å². The van der Waals surface area contributed by atoms with Crippen molar-refractivity contribution in [3.8, 4) is 0 Å². The molecular formula is C10H24N2O. The largest absolute Gasteiger partial charge is 0.395 e. The number of hydrogen-bond donors (Lipinski definition) is 2. The van der Waals surface area contributed by atoms with Crippen molar-refractivity contribution in [1.82, 2.24) is 10.2 Å². The number of aliphatic hydroxyl groups excluding tert-OH is 1. The monoisotopic (exact) mass is 188 g/mol. The molecule has 3 heteroatoms. The van der Waals surface area contributed by atoms with Gasteiger partial charge in [-0.25, -0.2) is 0 Å². The van der Waals surface area contributed by atoms with Crippen molar-refractivity contribution < 1.29 is 5.11 Å². The van der Waals surface area contributed by atoms with Crippen molar-refractivity contribution in [2.24, 2.45) is 0 Å². The van der Waals surface area contributed by atoms with E-state index in [0.717, 1.165) is 19.5 Å². The molecule has 80 valence electrons. The second-order valence-electron chi connectivity index (χ2n) is 3.97. The van der Waals surface area contributed by atoms with Gasteiger partial charge in [0.15, 0.2) is 0 Å². The number of hydrogen-bond acceptors (Lipinski definition) is 3. The third kappa shape index (κ3) is 6.99. The molecule has 0 radical (unpaired) electrons. The van der Waals surface area contributed by atoms with Crippen molar-refractivity contribution in [1.29, 1.82) is 0 Å². The average molecular weight is 188 g/mol. The second kappa shape index (κ2) is 7.30. The second-order valence-corrected chi connectivity index (χ2v) is 3.97. The lowest BCUT2D eigenvalue weighted by molar-refractivity contribution is 0.158. The first-order valence-corrected chi connectivity index (χ1v) is 5.12. The molecule has 0 heterocycles. The van der Waals surface area contributed by atoms with Crippen LogP contribution in [-0.2, 0) is 0 Å². The van der Waals surface area contributed by atoms with Crippen molar-refractivity contribution in [2.45, 2.75) is 39.3 Å². The first kappa shape index (κ1) is 12.9. The molecule has 0 amide bonds. The SMILES string of the molecule is CC(C)NCCCN(C)C(C)CO. The average Bonchev–Trinajstić information content (AvgIpc) is 2.10. The Morgan fingerprint density at radius 3 is 2.38 bits per heavy atom. The molecule has 0 fully saturated rings. The highest BCUT2D eigenvalue weighted by atomic mass is 16.3. The van der Waals surface area contributed by atoms with Gasteiger partial charge in [0.25, 0.3) is 0 Å². The highest BCUT2D eigenvalue weighted by Crippen LogP contribution is 1.95. The maximum absolute atomic E-state index is 8.89. The van der Waals surface area contributed by atoms with E-state index < -0.39 is 0 Å². The Hall–Kier alpha value is -0.120. The lowest BCUT2D eigenvalue weighted by atomic mass is 10.3. The van der Waals surface area contributed by atoms with Gasteiger partial charge in [0.1, 0.15) is 0 Å². The van der Waals surface area contributed by atoms with E-state index in [1.165, 1.54) is 0 Å². The van der Waals surface area contributed by atoms with E-state index in [9.17, 15) is 0 Å². The van der Waals surface area contributed by atoms with Crippen LogP contribution in [0.3, 0.4) is 0 Å². The summed E-state index contributed by atoms with van der Waals surface area (Å²) in [6, 6.07) is 0.847. The highest BCUT2D eigenvalue weighted by Gasteiger charge is 2.06.